The summed E-state index contributed by atoms with van der Waals surface area (Å²) in [5.74, 6) is 0.891. The number of likely N-dealkylation sites (tertiary alicyclic amines) is 1. The van der Waals surface area contributed by atoms with Gasteiger partial charge in [-0.15, -0.1) is 0 Å². The maximum absolute atomic E-state index is 12.6. The minimum Gasteiger partial charge on any atom is -0.361 e. The second kappa shape index (κ2) is 5.71. The predicted octanol–water partition coefficient (Wildman–Crippen LogP) is 1.72. The smallest absolute Gasteiger partial charge is 0.227 e. The van der Waals surface area contributed by atoms with E-state index in [1.54, 1.807) is 6.20 Å². The number of hydrogen-bond donors (Lipinski definition) is 0. The molecule has 3 heterocycles. The van der Waals surface area contributed by atoms with E-state index in [2.05, 4.69) is 10.3 Å². The fraction of sp³-hybridized carbons (Fsp3) is 0.533. The second-order valence-corrected chi connectivity index (χ2v) is 5.59. The normalized spacial score (nSPS) is 18.4. The van der Waals surface area contributed by atoms with Gasteiger partial charge in [0.2, 0.25) is 5.91 Å². The first kappa shape index (κ1) is 13.9. The number of rotatable bonds is 4. The minimum absolute atomic E-state index is 0.152. The predicted molar refractivity (Wildman–Crippen MR) is 76.6 cm³/mol. The van der Waals surface area contributed by atoms with Crippen LogP contribution in [0.25, 0.3) is 0 Å². The Bertz CT molecular complexity index is 598. The van der Waals surface area contributed by atoms with Crippen LogP contribution in [-0.2, 0) is 17.8 Å². The van der Waals surface area contributed by atoms with E-state index in [0.29, 0.717) is 6.42 Å². The van der Waals surface area contributed by atoms with Crippen LogP contribution in [0.2, 0.25) is 0 Å². The van der Waals surface area contributed by atoms with Crippen molar-refractivity contribution in [2.45, 2.75) is 45.7 Å². The summed E-state index contributed by atoms with van der Waals surface area (Å²) in [5, 5.41) is 8.15. The van der Waals surface area contributed by atoms with E-state index < -0.39 is 0 Å². The molecule has 0 radical (unpaired) electrons. The Kier molecular flexibility index (Phi) is 3.77. The fourth-order valence-electron chi connectivity index (χ4n) is 2.99. The van der Waals surface area contributed by atoms with Crippen molar-refractivity contribution in [3.63, 3.8) is 0 Å². The van der Waals surface area contributed by atoms with Crippen molar-refractivity contribution >= 4 is 5.91 Å². The first-order chi connectivity index (χ1) is 10.1. The molecule has 1 aliphatic heterocycles. The Labute approximate surface area is 123 Å². The fourth-order valence-corrected chi connectivity index (χ4v) is 2.99. The molecule has 1 amide bonds. The molecule has 112 valence electrons. The third kappa shape index (κ3) is 2.84. The average Bonchev–Trinajstić information content (AvgIpc) is 3.18. The molecule has 0 unspecified atom stereocenters. The zero-order valence-corrected chi connectivity index (χ0v) is 12.5. The zero-order chi connectivity index (χ0) is 14.8. The summed E-state index contributed by atoms with van der Waals surface area (Å²) in [4.78, 5) is 14.6. The zero-order valence-electron chi connectivity index (χ0n) is 12.5. The number of carbonyl (C=O) groups is 1. The van der Waals surface area contributed by atoms with Crippen LogP contribution < -0.4 is 0 Å². The average molecular weight is 288 g/mol. The highest BCUT2D eigenvalue weighted by molar-refractivity contribution is 5.79. The number of amides is 1. The van der Waals surface area contributed by atoms with Crippen LogP contribution in [0.3, 0.4) is 0 Å². The summed E-state index contributed by atoms with van der Waals surface area (Å²) < 4.78 is 7.03. The van der Waals surface area contributed by atoms with Gasteiger partial charge in [0.05, 0.1) is 24.7 Å². The van der Waals surface area contributed by atoms with Crippen molar-refractivity contribution < 1.29 is 9.32 Å². The lowest BCUT2D eigenvalue weighted by Gasteiger charge is -2.24. The molecule has 2 aromatic rings. The number of aromatic nitrogens is 3. The van der Waals surface area contributed by atoms with E-state index in [9.17, 15) is 4.79 Å². The molecule has 6 heteroatoms. The van der Waals surface area contributed by atoms with Crippen LogP contribution in [-0.4, -0.2) is 38.3 Å². The molecule has 3 rings (SSSR count). The van der Waals surface area contributed by atoms with Crippen molar-refractivity contribution in [1.29, 1.82) is 0 Å². The lowest BCUT2D eigenvalue weighted by Crippen LogP contribution is -2.39. The monoisotopic (exact) mass is 288 g/mol. The molecule has 1 atom stereocenters. The molecule has 0 aliphatic carbocycles. The van der Waals surface area contributed by atoms with Gasteiger partial charge in [-0.25, -0.2) is 0 Å². The molecule has 0 saturated carbocycles. The van der Waals surface area contributed by atoms with Crippen molar-refractivity contribution in [3.05, 3.63) is 35.5 Å². The van der Waals surface area contributed by atoms with Gasteiger partial charge in [0, 0.05) is 24.5 Å². The first-order valence-electron chi connectivity index (χ1n) is 7.34. The maximum Gasteiger partial charge on any atom is 0.227 e. The number of nitrogens with zero attached hydrogens (tertiary/aromatic N) is 4. The van der Waals surface area contributed by atoms with Crippen LogP contribution >= 0.6 is 0 Å². The van der Waals surface area contributed by atoms with E-state index in [0.717, 1.165) is 42.9 Å². The summed E-state index contributed by atoms with van der Waals surface area (Å²) in [6.45, 7) is 5.33. The topological polar surface area (TPSA) is 64.2 Å². The molecule has 1 aliphatic rings. The molecule has 0 spiro atoms. The van der Waals surface area contributed by atoms with Crippen LogP contribution in [0.4, 0.5) is 0 Å². The number of aryl methyl sites for hydroxylation is 2. The largest absolute Gasteiger partial charge is 0.361 e. The molecular formula is C15H20N4O2. The van der Waals surface area contributed by atoms with Crippen LogP contribution in [0.15, 0.2) is 23.0 Å². The Morgan fingerprint density at radius 1 is 1.48 bits per heavy atom. The minimum atomic E-state index is 0.152. The number of hydrogen-bond acceptors (Lipinski definition) is 4. The Morgan fingerprint density at radius 3 is 3.00 bits per heavy atom. The molecule has 0 aromatic carbocycles. The van der Waals surface area contributed by atoms with Crippen molar-refractivity contribution in [2.24, 2.45) is 0 Å². The maximum atomic E-state index is 12.6. The molecule has 6 nitrogen and oxygen atoms in total. The van der Waals surface area contributed by atoms with Crippen LogP contribution in [0, 0.1) is 13.8 Å². The van der Waals surface area contributed by atoms with E-state index in [1.165, 1.54) is 0 Å². The van der Waals surface area contributed by atoms with Crippen molar-refractivity contribution in [2.75, 3.05) is 6.54 Å². The Morgan fingerprint density at radius 2 is 2.33 bits per heavy atom. The summed E-state index contributed by atoms with van der Waals surface area (Å²) in [7, 11) is 0. The highest BCUT2D eigenvalue weighted by atomic mass is 16.5. The van der Waals surface area contributed by atoms with Gasteiger partial charge >= 0.3 is 0 Å². The molecule has 0 N–H and O–H groups in total. The lowest BCUT2D eigenvalue weighted by atomic mass is 10.1. The summed E-state index contributed by atoms with van der Waals surface area (Å²) in [6.07, 6.45) is 6.17. The van der Waals surface area contributed by atoms with Crippen LogP contribution in [0.5, 0.6) is 0 Å². The van der Waals surface area contributed by atoms with Gasteiger partial charge < -0.3 is 9.42 Å². The van der Waals surface area contributed by atoms with E-state index >= 15 is 0 Å². The molecule has 1 saturated heterocycles. The highest BCUT2D eigenvalue weighted by Crippen LogP contribution is 2.21. The number of carbonyl (C=O) groups excluding carboxylic acids is 1. The van der Waals surface area contributed by atoms with Crippen LogP contribution in [0.1, 0.15) is 29.9 Å². The molecule has 2 aromatic heterocycles. The van der Waals surface area contributed by atoms with Gasteiger partial charge in [-0.3, -0.25) is 9.48 Å². The SMILES string of the molecule is Cc1noc(C)c1CC(=O)N1CCC[C@H]1Cn1cccn1. The van der Waals surface area contributed by atoms with Gasteiger partial charge in [-0.2, -0.15) is 5.10 Å². The molecular weight excluding hydrogens is 268 g/mol. The van der Waals surface area contributed by atoms with Gasteiger partial charge in [-0.05, 0) is 32.8 Å². The summed E-state index contributed by atoms with van der Waals surface area (Å²) in [6, 6.07) is 2.14. The Balaban J connectivity index is 1.68. The standard InChI is InChI=1S/C15H20N4O2/c1-11-14(12(2)21-17-11)9-15(20)19-8-3-5-13(19)10-18-7-4-6-16-18/h4,6-7,13H,3,5,8-10H2,1-2H3/t13-/m0/s1. The van der Waals surface area contributed by atoms with Crippen molar-refractivity contribution in [3.8, 4) is 0 Å². The molecule has 21 heavy (non-hydrogen) atoms. The summed E-state index contributed by atoms with van der Waals surface area (Å²) in [5.41, 5.74) is 1.73. The third-order valence-electron chi connectivity index (χ3n) is 4.16. The van der Waals surface area contributed by atoms with Gasteiger partial charge in [-0.1, -0.05) is 5.16 Å². The van der Waals surface area contributed by atoms with E-state index in [1.807, 2.05) is 35.7 Å². The van der Waals surface area contributed by atoms with Gasteiger partial charge in [0.15, 0.2) is 0 Å². The van der Waals surface area contributed by atoms with E-state index in [-0.39, 0.29) is 11.9 Å². The van der Waals surface area contributed by atoms with Gasteiger partial charge in [0.1, 0.15) is 5.76 Å². The molecule has 0 bridgehead atoms. The highest BCUT2D eigenvalue weighted by Gasteiger charge is 2.30. The second-order valence-electron chi connectivity index (χ2n) is 5.59. The molecule has 1 fully saturated rings. The third-order valence-corrected chi connectivity index (χ3v) is 4.16. The van der Waals surface area contributed by atoms with Gasteiger partial charge in [0.25, 0.3) is 0 Å². The Hall–Kier alpha value is -2.11. The lowest BCUT2D eigenvalue weighted by molar-refractivity contribution is -0.131. The van der Waals surface area contributed by atoms with Crippen molar-refractivity contribution in [1.82, 2.24) is 19.8 Å². The first-order valence-corrected chi connectivity index (χ1v) is 7.34. The quantitative estimate of drug-likeness (QED) is 0.859. The summed E-state index contributed by atoms with van der Waals surface area (Å²) >= 11 is 0. The van der Waals surface area contributed by atoms with E-state index in [4.69, 9.17) is 4.52 Å².